The van der Waals surface area contributed by atoms with E-state index >= 15 is 0 Å². The van der Waals surface area contributed by atoms with Crippen LogP contribution in [0.3, 0.4) is 0 Å². The fraction of sp³-hybridized carbons (Fsp3) is 0.222. The molecule has 1 aliphatic rings. The zero-order valence-corrected chi connectivity index (χ0v) is 9.45. The number of rotatable bonds is 1. The Morgan fingerprint density at radius 3 is 2.93 bits per heavy atom. The van der Waals surface area contributed by atoms with Crippen LogP contribution in [0.2, 0.25) is 0 Å². The Morgan fingerprint density at radius 1 is 1.67 bits per heavy atom. The molecule has 0 saturated carbocycles. The Kier molecular flexibility index (Phi) is 2.32. The van der Waals surface area contributed by atoms with Gasteiger partial charge < -0.3 is 20.1 Å². The van der Waals surface area contributed by atoms with Gasteiger partial charge in [-0.2, -0.15) is 0 Å². The number of hydrogen-bond donors (Lipinski definition) is 3. The molecule has 2 heterocycles. The number of carboxylic acids is 1. The van der Waals surface area contributed by atoms with E-state index in [4.69, 9.17) is 5.11 Å². The molecular formula is C9H9BrN2O3. The van der Waals surface area contributed by atoms with Crippen LogP contribution >= 0.6 is 15.9 Å². The van der Waals surface area contributed by atoms with Gasteiger partial charge in [-0.3, -0.25) is 0 Å². The first kappa shape index (κ1) is 10.3. The number of nitrogens with one attached hydrogen (secondary N) is 1. The molecule has 2 rings (SSSR count). The Labute approximate surface area is 94.1 Å². The fourth-order valence-corrected chi connectivity index (χ4v) is 2.16. The summed E-state index contributed by atoms with van der Waals surface area (Å²) in [7, 11) is 1.70. The molecule has 6 heteroatoms. The predicted molar refractivity (Wildman–Crippen MR) is 57.4 cm³/mol. The van der Waals surface area contributed by atoms with E-state index in [9.17, 15) is 9.90 Å². The molecule has 0 aromatic carbocycles. The molecule has 5 nitrogen and oxygen atoms in total. The summed E-state index contributed by atoms with van der Waals surface area (Å²) in [6.45, 7) is 0. The van der Waals surface area contributed by atoms with Gasteiger partial charge in [0.25, 0.3) is 0 Å². The first-order chi connectivity index (χ1) is 7.00. The van der Waals surface area contributed by atoms with Crippen LogP contribution in [0.15, 0.2) is 12.3 Å². The number of halogens is 1. The molecule has 80 valence electrons. The summed E-state index contributed by atoms with van der Waals surface area (Å²) in [6.07, 6.45) is 0.862. The fourth-order valence-electron chi connectivity index (χ4n) is 1.51. The van der Waals surface area contributed by atoms with Crippen molar-refractivity contribution in [1.82, 2.24) is 9.88 Å². The maximum Gasteiger partial charge on any atom is 0.352 e. The first-order valence-electron chi connectivity index (χ1n) is 4.24. The largest absolute Gasteiger partial charge is 0.477 e. The number of aromatic nitrogens is 1. The highest BCUT2D eigenvalue weighted by atomic mass is 79.9. The molecule has 0 aliphatic carbocycles. The monoisotopic (exact) mass is 272 g/mol. The van der Waals surface area contributed by atoms with Crippen molar-refractivity contribution in [2.75, 3.05) is 7.05 Å². The lowest BCUT2D eigenvalue weighted by Gasteiger charge is -2.26. The van der Waals surface area contributed by atoms with Gasteiger partial charge in [-0.1, -0.05) is 0 Å². The van der Waals surface area contributed by atoms with Crippen LogP contribution in [0.5, 0.6) is 0 Å². The summed E-state index contributed by atoms with van der Waals surface area (Å²) < 4.78 is 0.744. The Hall–Kier alpha value is -1.27. The topological polar surface area (TPSA) is 76.6 Å². The summed E-state index contributed by atoms with van der Waals surface area (Å²) in [5.74, 6) is -1.04. The van der Waals surface area contributed by atoms with Crippen molar-refractivity contribution in [2.24, 2.45) is 0 Å². The molecule has 0 bridgehead atoms. The van der Waals surface area contributed by atoms with Crippen molar-refractivity contribution in [2.45, 2.75) is 6.23 Å². The molecular weight excluding hydrogens is 264 g/mol. The van der Waals surface area contributed by atoms with Crippen LogP contribution in [0.4, 0.5) is 0 Å². The minimum atomic E-state index is -1.04. The number of nitrogens with zero attached hydrogens (tertiary/aromatic N) is 1. The lowest BCUT2D eigenvalue weighted by Crippen LogP contribution is -2.23. The summed E-state index contributed by atoms with van der Waals surface area (Å²) in [5.41, 5.74) is 1.24. The van der Waals surface area contributed by atoms with E-state index in [2.05, 4.69) is 20.9 Å². The van der Waals surface area contributed by atoms with E-state index < -0.39 is 12.2 Å². The van der Waals surface area contributed by atoms with Crippen LogP contribution < -0.4 is 0 Å². The summed E-state index contributed by atoms with van der Waals surface area (Å²) in [4.78, 5) is 15.0. The normalized spacial score (nSPS) is 19.8. The number of aromatic amines is 1. The van der Waals surface area contributed by atoms with E-state index in [-0.39, 0.29) is 5.69 Å². The number of carbonyl (C=O) groups is 1. The maximum absolute atomic E-state index is 10.8. The molecule has 15 heavy (non-hydrogen) atoms. The van der Waals surface area contributed by atoms with Gasteiger partial charge in [0.05, 0.1) is 5.69 Å². The highest BCUT2D eigenvalue weighted by molar-refractivity contribution is 9.15. The quantitative estimate of drug-likeness (QED) is 0.721. The average Bonchev–Trinajstić information content (AvgIpc) is 2.59. The standard InChI is InChI=1S/C9H9BrN2O3/c1-12-3-5(10)4-2-6(9(14)15)11-7(4)8(12)13/h2-3,8,11,13H,1H3,(H,14,15). The van der Waals surface area contributed by atoms with E-state index in [0.717, 1.165) is 4.48 Å². The minimum absolute atomic E-state index is 0.0692. The average molecular weight is 273 g/mol. The van der Waals surface area contributed by atoms with Crippen molar-refractivity contribution < 1.29 is 15.0 Å². The molecule has 0 spiro atoms. The zero-order valence-electron chi connectivity index (χ0n) is 7.86. The van der Waals surface area contributed by atoms with E-state index in [1.165, 1.54) is 6.07 Å². The van der Waals surface area contributed by atoms with Crippen molar-refractivity contribution in [1.29, 1.82) is 0 Å². The number of hydrogen-bond acceptors (Lipinski definition) is 3. The number of carboxylic acid groups (broad SMARTS) is 1. The number of H-pyrrole nitrogens is 1. The second kappa shape index (κ2) is 3.39. The predicted octanol–water partition coefficient (Wildman–Crippen LogP) is 1.34. The number of aliphatic hydroxyl groups excluding tert-OH is 1. The Bertz CT molecular complexity index is 452. The number of aliphatic hydroxyl groups is 1. The number of aromatic carboxylic acids is 1. The van der Waals surface area contributed by atoms with Crippen molar-refractivity contribution in [3.63, 3.8) is 0 Å². The Morgan fingerprint density at radius 2 is 2.33 bits per heavy atom. The van der Waals surface area contributed by atoms with E-state index in [1.807, 2.05) is 0 Å². The van der Waals surface area contributed by atoms with Crippen LogP contribution in [0.25, 0.3) is 4.48 Å². The molecule has 0 amide bonds. The van der Waals surface area contributed by atoms with Gasteiger partial charge in [0.2, 0.25) is 0 Å². The van der Waals surface area contributed by atoms with Gasteiger partial charge >= 0.3 is 5.97 Å². The summed E-state index contributed by atoms with van der Waals surface area (Å²) in [6, 6.07) is 1.49. The molecule has 0 radical (unpaired) electrons. The van der Waals surface area contributed by atoms with E-state index in [1.54, 1.807) is 18.1 Å². The summed E-state index contributed by atoms with van der Waals surface area (Å²) in [5, 5.41) is 18.6. The first-order valence-corrected chi connectivity index (χ1v) is 5.04. The van der Waals surface area contributed by atoms with Crippen LogP contribution in [0.1, 0.15) is 28.0 Å². The van der Waals surface area contributed by atoms with E-state index in [0.29, 0.717) is 11.3 Å². The molecule has 1 aromatic rings. The molecule has 0 saturated heterocycles. The van der Waals surface area contributed by atoms with Gasteiger partial charge in [-0.15, -0.1) is 0 Å². The molecule has 3 N–H and O–H groups in total. The lowest BCUT2D eigenvalue weighted by molar-refractivity contribution is 0.0487. The van der Waals surface area contributed by atoms with Gasteiger partial charge in [0, 0.05) is 23.3 Å². The smallest absolute Gasteiger partial charge is 0.352 e. The third kappa shape index (κ3) is 1.55. The van der Waals surface area contributed by atoms with Gasteiger partial charge in [-0.05, 0) is 22.0 Å². The van der Waals surface area contributed by atoms with Gasteiger partial charge in [-0.25, -0.2) is 4.79 Å². The molecule has 1 unspecified atom stereocenters. The van der Waals surface area contributed by atoms with Crippen LogP contribution in [-0.2, 0) is 0 Å². The van der Waals surface area contributed by atoms with Crippen LogP contribution in [-0.4, -0.2) is 33.1 Å². The minimum Gasteiger partial charge on any atom is -0.477 e. The highest BCUT2D eigenvalue weighted by Gasteiger charge is 2.26. The van der Waals surface area contributed by atoms with Crippen LogP contribution in [0, 0.1) is 0 Å². The Balaban J connectivity index is 2.55. The second-order valence-electron chi connectivity index (χ2n) is 3.33. The molecule has 1 aromatic heterocycles. The molecule has 1 atom stereocenters. The summed E-state index contributed by atoms with van der Waals surface area (Å²) >= 11 is 3.31. The second-order valence-corrected chi connectivity index (χ2v) is 4.19. The van der Waals surface area contributed by atoms with Gasteiger partial charge in [0.1, 0.15) is 5.69 Å². The highest BCUT2D eigenvalue weighted by Crippen LogP contribution is 2.35. The molecule has 1 aliphatic heterocycles. The third-order valence-electron chi connectivity index (χ3n) is 2.30. The molecule has 0 fully saturated rings. The zero-order chi connectivity index (χ0) is 11.2. The van der Waals surface area contributed by atoms with Crippen molar-refractivity contribution in [3.05, 3.63) is 29.2 Å². The SMILES string of the molecule is CN1C=C(Br)c2cc(C(=O)O)[nH]c2C1O. The van der Waals surface area contributed by atoms with Gasteiger partial charge in [0.15, 0.2) is 6.23 Å². The third-order valence-corrected chi connectivity index (χ3v) is 2.93. The van der Waals surface area contributed by atoms with Crippen molar-refractivity contribution in [3.8, 4) is 0 Å². The maximum atomic E-state index is 10.8. The lowest BCUT2D eigenvalue weighted by atomic mass is 10.1. The number of fused-ring (bicyclic) bond motifs is 1. The van der Waals surface area contributed by atoms with Crippen molar-refractivity contribution >= 4 is 26.4 Å².